The van der Waals surface area contributed by atoms with Gasteiger partial charge in [-0.1, -0.05) is 54.6 Å². The van der Waals surface area contributed by atoms with Gasteiger partial charge in [0.2, 0.25) is 0 Å². The second kappa shape index (κ2) is 6.34. The Balaban J connectivity index is 2.10. The first-order valence-electron chi connectivity index (χ1n) is 6.40. The molecule has 0 amide bonds. The average molecular weight is 240 g/mol. The third kappa shape index (κ3) is 3.19. The van der Waals surface area contributed by atoms with Crippen LogP contribution in [-0.2, 0) is 0 Å². The van der Waals surface area contributed by atoms with Gasteiger partial charge in [0.05, 0.1) is 0 Å². The molecule has 1 unspecified atom stereocenters. The molecule has 0 aromatic heterocycles. The van der Waals surface area contributed by atoms with E-state index in [1.807, 2.05) is 6.07 Å². The van der Waals surface area contributed by atoms with Crippen LogP contribution in [0, 0.1) is 0 Å². The second-order valence-corrected chi connectivity index (χ2v) is 4.45. The number of benzene rings is 2. The molecule has 1 atom stereocenters. The summed E-state index contributed by atoms with van der Waals surface area (Å²) in [5.41, 5.74) is 9.30. The molecule has 0 aliphatic heterocycles. The Morgan fingerprint density at radius 1 is 0.944 bits per heavy atom. The van der Waals surface area contributed by atoms with E-state index in [0.717, 1.165) is 6.54 Å². The van der Waals surface area contributed by atoms with Crippen molar-refractivity contribution >= 4 is 0 Å². The number of hydrogen-bond acceptors (Lipinski definition) is 2. The molecule has 0 radical (unpaired) electrons. The minimum absolute atomic E-state index is 0.346. The van der Waals surface area contributed by atoms with Crippen LogP contribution in [0.5, 0.6) is 0 Å². The summed E-state index contributed by atoms with van der Waals surface area (Å²) in [6, 6.07) is 19.5. The van der Waals surface area contributed by atoms with Crippen molar-refractivity contribution in [1.82, 2.24) is 5.32 Å². The zero-order chi connectivity index (χ0) is 12.8. The average Bonchev–Trinajstić information content (AvgIpc) is 2.46. The van der Waals surface area contributed by atoms with Crippen molar-refractivity contribution in [2.45, 2.75) is 13.0 Å². The summed E-state index contributed by atoms with van der Waals surface area (Å²) in [5.74, 6) is 0. The SMILES string of the molecule is CC(NCCN)c1ccc(-c2ccccc2)cc1. The molecule has 0 saturated carbocycles. The molecule has 0 spiro atoms. The van der Waals surface area contributed by atoms with Crippen molar-refractivity contribution in [2.24, 2.45) is 5.73 Å². The molecule has 18 heavy (non-hydrogen) atoms. The second-order valence-electron chi connectivity index (χ2n) is 4.45. The first-order valence-corrected chi connectivity index (χ1v) is 6.40. The molecule has 2 aromatic rings. The van der Waals surface area contributed by atoms with Gasteiger partial charge in [0.1, 0.15) is 0 Å². The van der Waals surface area contributed by atoms with Crippen LogP contribution in [-0.4, -0.2) is 13.1 Å². The van der Waals surface area contributed by atoms with E-state index in [0.29, 0.717) is 12.6 Å². The van der Waals surface area contributed by atoms with Crippen LogP contribution in [0.15, 0.2) is 54.6 Å². The van der Waals surface area contributed by atoms with Crippen LogP contribution < -0.4 is 11.1 Å². The maximum Gasteiger partial charge on any atom is 0.0292 e. The third-order valence-corrected chi connectivity index (χ3v) is 3.11. The lowest BCUT2D eigenvalue weighted by Crippen LogP contribution is -2.25. The van der Waals surface area contributed by atoms with Gasteiger partial charge in [0.15, 0.2) is 0 Å². The Kier molecular flexibility index (Phi) is 4.51. The van der Waals surface area contributed by atoms with Crippen molar-refractivity contribution in [3.8, 4) is 11.1 Å². The number of nitrogens with one attached hydrogen (secondary N) is 1. The van der Waals surface area contributed by atoms with Crippen LogP contribution in [0.4, 0.5) is 0 Å². The van der Waals surface area contributed by atoms with Crippen molar-refractivity contribution in [1.29, 1.82) is 0 Å². The van der Waals surface area contributed by atoms with E-state index < -0.39 is 0 Å². The summed E-state index contributed by atoms with van der Waals surface area (Å²) in [4.78, 5) is 0. The number of hydrogen-bond donors (Lipinski definition) is 2. The van der Waals surface area contributed by atoms with Crippen molar-refractivity contribution in [3.05, 3.63) is 60.2 Å². The largest absolute Gasteiger partial charge is 0.329 e. The lowest BCUT2D eigenvalue weighted by Gasteiger charge is -2.14. The van der Waals surface area contributed by atoms with Gasteiger partial charge in [0, 0.05) is 19.1 Å². The Labute approximate surface area is 109 Å². The Morgan fingerprint density at radius 3 is 2.17 bits per heavy atom. The maximum absolute atomic E-state index is 5.49. The van der Waals surface area contributed by atoms with E-state index in [9.17, 15) is 0 Å². The van der Waals surface area contributed by atoms with E-state index in [1.165, 1.54) is 16.7 Å². The van der Waals surface area contributed by atoms with Gasteiger partial charge < -0.3 is 11.1 Å². The first-order chi connectivity index (χ1) is 8.81. The predicted molar refractivity (Wildman–Crippen MR) is 77.4 cm³/mol. The van der Waals surface area contributed by atoms with Crippen LogP contribution in [0.2, 0.25) is 0 Å². The van der Waals surface area contributed by atoms with Gasteiger partial charge >= 0.3 is 0 Å². The molecule has 0 heterocycles. The molecular formula is C16H20N2. The fraction of sp³-hybridized carbons (Fsp3) is 0.250. The summed E-state index contributed by atoms with van der Waals surface area (Å²) in [6.07, 6.45) is 0. The first kappa shape index (κ1) is 12.8. The summed E-state index contributed by atoms with van der Waals surface area (Å²) in [7, 11) is 0. The molecule has 0 fully saturated rings. The predicted octanol–water partition coefficient (Wildman–Crippen LogP) is 2.96. The van der Waals surface area contributed by atoms with Crippen molar-refractivity contribution < 1.29 is 0 Å². The minimum atomic E-state index is 0.346. The third-order valence-electron chi connectivity index (χ3n) is 3.11. The fourth-order valence-corrected chi connectivity index (χ4v) is 2.01. The molecule has 2 rings (SSSR count). The monoisotopic (exact) mass is 240 g/mol. The van der Waals surface area contributed by atoms with Gasteiger partial charge in [-0.3, -0.25) is 0 Å². The van der Waals surface area contributed by atoms with Crippen LogP contribution in [0.25, 0.3) is 11.1 Å². The fourth-order valence-electron chi connectivity index (χ4n) is 2.01. The topological polar surface area (TPSA) is 38.0 Å². The van der Waals surface area contributed by atoms with E-state index in [-0.39, 0.29) is 0 Å². The van der Waals surface area contributed by atoms with Gasteiger partial charge in [-0.15, -0.1) is 0 Å². The van der Waals surface area contributed by atoms with Gasteiger partial charge in [-0.25, -0.2) is 0 Å². The molecular weight excluding hydrogens is 220 g/mol. The molecule has 2 heteroatoms. The molecule has 94 valence electrons. The van der Waals surface area contributed by atoms with E-state index in [4.69, 9.17) is 5.73 Å². The smallest absolute Gasteiger partial charge is 0.0292 e. The van der Waals surface area contributed by atoms with E-state index >= 15 is 0 Å². The van der Waals surface area contributed by atoms with Crippen molar-refractivity contribution in [3.63, 3.8) is 0 Å². The highest BCUT2D eigenvalue weighted by atomic mass is 14.9. The quantitative estimate of drug-likeness (QED) is 0.843. The molecule has 3 N–H and O–H groups in total. The Hall–Kier alpha value is -1.64. The van der Waals surface area contributed by atoms with Gasteiger partial charge in [-0.05, 0) is 23.6 Å². The molecule has 2 aromatic carbocycles. The Morgan fingerprint density at radius 2 is 1.56 bits per heavy atom. The summed E-state index contributed by atoms with van der Waals surface area (Å²) in [6.45, 7) is 3.68. The van der Waals surface area contributed by atoms with Crippen LogP contribution in [0.3, 0.4) is 0 Å². The van der Waals surface area contributed by atoms with E-state index in [1.54, 1.807) is 0 Å². The van der Waals surface area contributed by atoms with Crippen LogP contribution in [0.1, 0.15) is 18.5 Å². The standard InChI is InChI=1S/C16H20N2/c1-13(18-12-11-17)14-7-9-16(10-8-14)15-5-3-2-4-6-15/h2-10,13,18H,11-12,17H2,1H3. The zero-order valence-electron chi connectivity index (χ0n) is 10.8. The zero-order valence-corrected chi connectivity index (χ0v) is 10.8. The molecule has 0 saturated heterocycles. The lowest BCUT2D eigenvalue weighted by atomic mass is 10.0. The summed E-state index contributed by atoms with van der Waals surface area (Å²) in [5, 5.41) is 3.38. The lowest BCUT2D eigenvalue weighted by molar-refractivity contribution is 0.582. The van der Waals surface area contributed by atoms with Crippen LogP contribution >= 0.6 is 0 Å². The molecule has 0 aliphatic rings. The summed E-state index contributed by atoms with van der Waals surface area (Å²) < 4.78 is 0. The molecule has 2 nitrogen and oxygen atoms in total. The summed E-state index contributed by atoms with van der Waals surface area (Å²) >= 11 is 0. The number of nitrogens with two attached hydrogens (primary N) is 1. The van der Waals surface area contributed by atoms with Gasteiger partial charge in [0.25, 0.3) is 0 Å². The highest BCUT2D eigenvalue weighted by molar-refractivity contribution is 5.63. The van der Waals surface area contributed by atoms with Crippen molar-refractivity contribution in [2.75, 3.05) is 13.1 Å². The maximum atomic E-state index is 5.49. The van der Waals surface area contributed by atoms with E-state index in [2.05, 4.69) is 60.8 Å². The van der Waals surface area contributed by atoms with Gasteiger partial charge in [-0.2, -0.15) is 0 Å². The highest BCUT2D eigenvalue weighted by Gasteiger charge is 2.04. The number of rotatable bonds is 5. The highest BCUT2D eigenvalue weighted by Crippen LogP contribution is 2.21. The normalized spacial score (nSPS) is 12.3. The molecule has 0 aliphatic carbocycles. The Bertz CT molecular complexity index is 462. The minimum Gasteiger partial charge on any atom is -0.329 e. The molecule has 0 bridgehead atoms.